The Morgan fingerprint density at radius 1 is 1.24 bits per heavy atom. The Morgan fingerprint density at radius 3 is 2.72 bits per heavy atom. The van der Waals surface area contributed by atoms with Gasteiger partial charge in [0.25, 0.3) is 0 Å². The van der Waals surface area contributed by atoms with E-state index in [1.54, 1.807) is 24.7 Å². The van der Waals surface area contributed by atoms with Crippen LogP contribution in [0.2, 0.25) is 0 Å². The average Bonchev–Trinajstić information content (AvgIpc) is 3.10. The minimum Gasteiger partial charge on any atom is -0.476 e. The molecule has 150 valence electrons. The molecule has 0 radical (unpaired) electrons. The second-order valence-corrected chi connectivity index (χ2v) is 8.82. The van der Waals surface area contributed by atoms with Crippen molar-refractivity contribution < 1.29 is 13.9 Å². The number of ether oxygens (including phenoxy) is 1. The number of rotatable bonds is 5. The Labute approximate surface area is 168 Å². The van der Waals surface area contributed by atoms with Crippen LogP contribution in [0, 0.1) is 30.5 Å². The van der Waals surface area contributed by atoms with Gasteiger partial charge in [0.1, 0.15) is 5.82 Å². The summed E-state index contributed by atoms with van der Waals surface area (Å²) in [7, 11) is 0. The quantitative estimate of drug-likeness (QED) is 0.775. The molecule has 0 spiro atoms. The third kappa shape index (κ3) is 2.91. The molecule has 29 heavy (non-hydrogen) atoms. The Morgan fingerprint density at radius 2 is 2.03 bits per heavy atom. The number of halogens is 1. The highest BCUT2D eigenvalue weighted by Crippen LogP contribution is 2.74. The van der Waals surface area contributed by atoms with Crippen LogP contribution in [0.15, 0.2) is 35.7 Å². The van der Waals surface area contributed by atoms with Gasteiger partial charge in [-0.15, -0.1) is 0 Å². The second-order valence-electron chi connectivity index (χ2n) is 8.82. The van der Waals surface area contributed by atoms with Gasteiger partial charge in [0.2, 0.25) is 11.8 Å². The van der Waals surface area contributed by atoms with E-state index in [0.717, 1.165) is 30.5 Å². The molecule has 1 amide bonds. The lowest BCUT2D eigenvalue weighted by Gasteiger charge is -2.69. The molecule has 4 aliphatic rings. The van der Waals surface area contributed by atoms with Crippen molar-refractivity contribution in [3.63, 3.8) is 0 Å². The van der Waals surface area contributed by atoms with Gasteiger partial charge in [-0.1, -0.05) is 12.1 Å². The number of carbonyl (C=O) groups excluding carboxylic acids is 1. The summed E-state index contributed by atoms with van der Waals surface area (Å²) in [5.74, 6) is 0.243. The maximum absolute atomic E-state index is 14.5. The predicted molar refractivity (Wildman–Crippen MR) is 105 cm³/mol. The lowest BCUT2D eigenvalue weighted by Crippen LogP contribution is -2.69. The topological polar surface area (TPSA) is 67.7 Å². The number of benzene rings is 1. The van der Waals surface area contributed by atoms with Crippen LogP contribution in [0.25, 0.3) is 0 Å². The standard InChI is InChI=1S/C22H23FN4O2/c1-14-3-4-16(17(23)7-14)18-5-6-26-27(18)20(28)22-10-21(11-22,12-22)13-29-19-9-24-15(2)8-25-19/h3-4,6-9,18H,5,10-13H2,1-2H3. The first kappa shape index (κ1) is 18.2. The molecular weight excluding hydrogens is 371 g/mol. The summed E-state index contributed by atoms with van der Waals surface area (Å²) in [5, 5.41) is 5.80. The minimum absolute atomic E-state index is 0.00762. The molecular formula is C22H23FN4O2. The number of nitrogens with zero attached hydrogens (tertiary/aromatic N) is 4. The van der Waals surface area contributed by atoms with Crippen LogP contribution in [0.4, 0.5) is 4.39 Å². The third-order valence-corrected chi connectivity index (χ3v) is 6.43. The van der Waals surface area contributed by atoms with Crippen LogP contribution in [0.1, 0.15) is 48.5 Å². The monoisotopic (exact) mass is 394 g/mol. The van der Waals surface area contributed by atoms with Gasteiger partial charge in [0.05, 0.1) is 36.2 Å². The first-order chi connectivity index (χ1) is 13.9. The van der Waals surface area contributed by atoms with Gasteiger partial charge in [-0.25, -0.2) is 14.4 Å². The molecule has 6 nitrogen and oxygen atoms in total. The molecule has 3 saturated carbocycles. The van der Waals surface area contributed by atoms with Crippen LogP contribution >= 0.6 is 0 Å². The van der Waals surface area contributed by atoms with Crippen LogP contribution in [-0.2, 0) is 4.79 Å². The largest absolute Gasteiger partial charge is 0.476 e. The molecule has 3 fully saturated rings. The van der Waals surface area contributed by atoms with Crippen LogP contribution in [-0.4, -0.2) is 33.7 Å². The summed E-state index contributed by atoms with van der Waals surface area (Å²) in [6.45, 7) is 4.27. The zero-order valence-electron chi connectivity index (χ0n) is 16.6. The van der Waals surface area contributed by atoms with Gasteiger partial charge in [-0.3, -0.25) is 9.78 Å². The smallest absolute Gasteiger partial charge is 0.249 e. The number of hydrogen-bond donors (Lipinski definition) is 0. The summed E-state index contributed by atoms with van der Waals surface area (Å²) in [4.78, 5) is 21.6. The van der Waals surface area contributed by atoms with E-state index >= 15 is 0 Å². The van der Waals surface area contributed by atoms with Crippen molar-refractivity contribution in [2.24, 2.45) is 15.9 Å². The van der Waals surface area contributed by atoms with E-state index in [1.165, 1.54) is 11.1 Å². The third-order valence-electron chi connectivity index (χ3n) is 6.43. The number of hydrogen-bond acceptors (Lipinski definition) is 5. The lowest BCUT2D eigenvalue weighted by atomic mass is 9.35. The van der Waals surface area contributed by atoms with Crippen molar-refractivity contribution in [3.05, 3.63) is 53.2 Å². The van der Waals surface area contributed by atoms with Crippen LogP contribution in [0.5, 0.6) is 5.88 Å². The van der Waals surface area contributed by atoms with Gasteiger partial charge in [0.15, 0.2) is 0 Å². The molecule has 0 saturated heterocycles. The summed E-state index contributed by atoms with van der Waals surface area (Å²) in [5.41, 5.74) is 1.91. The fourth-order valence-electron chi connectivity index (χ4n) is 5.07. The van der Waals surface area contributed by atoms with Gasteiger partial charge in [-0.2, -0.15) is 5.10 Å². The predicted octanol–water partition coefficient (Wildman–Crippen LogP) is 3.74. The molecule has 1 unspecified atom stereocenters. The first-order valence-corrected chi connectivity index (χ1v) is 9.93. The van der Waals surface area contributed by atoms with Crippen molar-refractivity contribution in [2.75, 3.05) is 6.61 Å². The highest BCUT2D eigenvalue weighted by Gasteiger charge is 2.73. The summed E-state index contributed by atoms with van der Waals surface area (Å²) < 4.78 is 20.3. The molecule has 2 bridgehead atoms. The summed E-state index contributed by atoms with van der Waals surface area (Å²) in [6, 6.07) is 4.80. The summed E-state index contributed by atoms with van der Waals surface area (Å²) in [6.07, 6.45) is 7.91. The molecule has 2 aromatic rings. The van der Waals surface area contributed by atoms with Crippen LogP contribution < -0.4 is 4.74 Å². The molecule has 0 N–H and O–H groups in total. The van der Waals surface area contributed by atoms with Crippen molar-refractivity contribution in [1.29, 1.82) is 0 Å². The number of aromatic nitrogens is 2. The zero-order valence-corrected chi connectivity index (χ0v) is 16.6. The lowest BCUT2D eigenvalue weighted by molar-refractivity contribution is -0.227. The first-order valence-electron chi connectivity index (χ1n) is 9.93. The van der Waals surface area contributed by atoms with E-state index < -0.39 is 0 Å². The Bertz CT molecular complexity index is 985. The van der Waals surface area contributed by atoms with E-state index in [1.807, 2.05) is 19.9 Å². The minimum atomic E-state index is -0.372. The number of amides is 1. The number of aryl methyl sites for hydroxylation is 2. The fourth-order valence-corrected chi connectivity index (χ4v) is 5.07. The van der Waals surface area contributed by atoms with Crippen molar-refractivity contribution >= 4 is 12.1 Å². The van der Waals surface area contributed by atoms with Gasteiger partial charge >= 0.3 is 0 Å². The average molecular weight is 394 g/mol. The van der Waals surface area contributed by atoms with E-state index in [4.69, 9.17) is 4.74 Å². The Hall–Kier alpha value is -2.83. The normalized spacial score (nSPS) is 29.3. The van der Waals surface area contributed by atoms with Gasteiger partial charge < -0.3 is 4.74 Å². The molecule has 1 atom stereocenters. The van der Waals surface area contributed by atoms with E-state index in [2.05, 4.69) is 15.1 Å². The zero-order chi connectivity index (χ0) is 20.2. The molecule has 7 heteroatoms. The summed E-state index contributed by atoms with van der Waals surface area (Å²) >= 11 is 0. The molecule has 1 aromatic heterocycles. The SMILES string of the molecule is Cc1ccc(C2CC=NN2C(=O)C23CC(COc4cnc(C)cn4)(C2)C3)c(F)c1. The highest BCUT2D eigenvalue weighted by atomic mass is 19.1. The van der Waals surface area contributed by atoms with E-state index in [0.29, 0.717) is 24.5 Å². The molecule has 2 heterocycles. The van der Waals surface area contributed by atoms with Crippen molar-refractivity contribution in [2.45, 2.75) is 45.6 Å². The Balaban J connectivity index is 1.23. The molecule has 1 aromatic carbocycles. The number of hydrazone groups is 1. The maximum Gasteiger partial charge on any atom is 0.249 e. The fraction of sp³-hybridized carbons (Fsp3) is 0.455. The molecule has 6 rings (SSSR count). The van der Waals surface area contributed by atoms with E-state index in [9.17, 15) is 9.18 Å². The molecule has 1 aliphatic heterocycles. The van der Waals surface area contributed by atoms with Gasteiger partial charge in [-0.05, 0) is 44.7 Å². The maximum atomic E-state index is 14.5. The van der Waals surface area contributed by atoms with Gasteiger partial charge in [0, 0.05) is 23.6 Å². The second kappa shape index (κ2) is 6.34. The van der Waals surface area contributed by atoms with Crippen molar-refractivity contribution in [3.8, 4) is 5.88 Å². The Kier molecular flexibility index (Phi) is 3.98. The number of carbonyl (C=O) groups is 1. The highest BCUT2D eigenvalue weighted by molar-refractivity contribution is 5.88. The molecule has 3 aliphatic carbocycles. The van der Waals surface area contributed by atoms with Crippen molar-refractivity contribution in [1.82, 2.24) is 15.0 Å². The van der Waals surface area contributed by atoms with Crippen LogP contribution in [0.3, 0.4) is 0 Å². The van der Waals surface area contributed by atoms with E-state index in [-0.39, 0.29) is 28.6 Å².